The first-order chi connectivity index (χ1) is 13.2. The molecule has 0 saturated carbocycles. The van der Waals surface area contributed by atoms with Gasteiger partial charge in [0.15, 0.2) is 12.4 Å². The second-order valence-electron chi connectivity index (χ2n) is 7.27. The maximum Gasteiger partial charge on any atom is 0.310 e. The number of halogens is 2. The Balaban J connectivity index is 1.65. The van der Waals surface area contributed by atoms with Gasteiger partial charge in [-0.15, -0.1) is 0 Å². The number of hydrogen-bond donors (Lipinski definition) is 0. The molecule has 0 aromatic heterocycles. The van der Waals surface area contributed by atoms with Crippen LogP contribution >= 0.6 is 23.2 Å². The summed E-state index contributed by atoms with van der Waals surface area (Å²) >= 11 is 11.9. The second-order valence-corrected chi connectivity index (χ2v) is 8.11. The fraction of sp³-hybridized carbons (Fsp3) is 0.273. The molecule has 0 N–H and O–H groups in total. The first kappa shape index (κ1) is 20.4. The molecule has 0 aliphatic carbocycles. The second kappa shape index (κ2) is 7.98. The van der Waals surface area contributed by atoms with Gasteiger partial charge in [-0.25, -0.2) is 0 Å². The standard InChI is InChI=1S/C22H21Cl2NO3/c1-22(2)17-6-4-5-7-19(17)25(3)20(22)12-16(26)13-28-21(27)10-14-8-9-15(23)11-18(14)24/h4-9,11-12H,10,13H2,1-3H3. The van der Waals surface area contributed by atoms with Crippen molar-refractivity contribution in [3.63, 3.8) is 0 Å². The molecule has 0 amide bonds. The lowest BCUT2D eigenvalue weighted by Gasteiger charge is -2.23. The van der Waals surface area contributed by atoms with Crippen LogP contribution in [0, 0.1) is 0 Å². The quantitative estimate of drug-likeness (QED) is 0.509. The number of anilines is 1. The van der Waals surface area contributed by atoms with Crippen LogP contribution in [0.2, 0.25) is 10.0 Å². The van der Waals surface area contributed by atoms with E-state index in [2.05, 4.69) is 19.9 Å². The molecule has 1 heterocycles. The normalized spacial score (nSPS) is 16.2. The third-order valence-electron chi connectivity index (χ3n) is 4.96. The van der Waals surface area contributed by atoms with E-state index in [4.69, 9.17) is 27.9 Å². The van der Waals surface area contributed by atoms with E-state index in [1.54, 1.807) is 24.3 Å². The van der Waals surface area contributed by atoms with Crippen molar-refractivity contribution >= 4 is 40.6 Å². The predicted octanol–water partition coefficient (Wildman–Crippen LogP) is 4.96. The molecule has 0 fully saturated rings. The third kappa shape index (κ3) is 4.08. The molecule has 0 spiro atoms. The van der Waals surface area contributed by atoms with Crippen molar-refractivity contribution in [2.24, 2.45) is 0 Å². The van der Waals surface area contributed by atoms with Crippen molar-refractivity contribution < 1.29 is 14.3 Å². The zero-order valence-corrected chi connectivity index (χ0v) is 17.5. The third-order valence-corrected chi connectivity index (χ3v) is 5.55. The molecule has 1 aliphatic heterocycles. The van der Waals surface area contributed by atoms with Gasteiger partial charge in [0, 0.05) is 40.0 Å². The van der Waals surface area contributed by atoms with E-state index in [9.17, 15) is 9.59 Å². The van der Waals surface area contributed by atoms with Gasteiger partial charge in [-0.2, -0.15) is 0 Å². The van der Waals surface area contributed by atoms with Crippen molar-refractivity contribution in [3.05, 3.63) is 75.4 Å². The highest BCUT2D eigenvalue weighted by molar-refractivity contribution is 6.35. The molecule has 2 aromatic rings. The Kier molecular flexibility index (Phi) is 5.82. The van der Waals surface area contributed by atoms with Gasteiger partial charge in [0.2, 0.25) is 0 Å². The molecule has 146 valence electrons. The number of rotatable bonds is 5. The maximum absolute atomic E-state index is 12.4. The summed E-state index contributed by atoms with van der Waals surface area (Å²) in [6.45, 7) is 3.83. The highest BCUT2D eigenvalue weighted by Crippen LogP contribution is 2.46. The largest absolute Gasteiger partial charge is 0.457 e. The van der Waals surface area contributed by atoms with E-state index in [0.717, 1.165) is 16.9 Å². The highest BCUT2D eigenvalue weighted by Gasteiger charge is 2.38. The zero-order valence-electron chi connectivity index (χ0n) is 16.0. The topological polar surface area (TPSA) is 46.6 Å². The number of carbonyl (C=O) groups is 2. The van der Waals surface area contributed by atoms with Gasteiger partial charge in [0.1, 0.15) is 0 Å². The first-order valence-corrected chi connectivity index (χ1v) is 9.63. The summed E-state index contributed by atoms with van der Waals surface area (Å²) in [5, 5.41) is 0.887. The number of hydrogen-bond acceptors (Lipinski definition) is 4. The zero-order chi connectivity index (χ0) is 20.5. The number of para-hydroxylation sites is 1. The number of esters is 1. The Labute approximate surface area is 174 Å². The van der Waals surface area contributed by atoms with Crippen molar-refractivity contribution in [2.45, 2.75) is 25.7 Å². The molecule has 2 aromatic carbocycles. The van der Waals surface area contributed by atoms with Gasteiger partial charge in [0.25, 0.3) is 0 Å². The van der Waals surface area contributed by atoms with E-state index in [-0.39, 0.29) is 24.2 Å². The number of likely N-dealkylation sites (N-methyl/N-ethyl adjacent to an activating group) is 1. The summed E-state index contributed by atoms with van der Waals surface area (Å²) in [4.78, 5) is 26.5. The van der Waals surface area contributed by atoms with Crippen LogP contribution in [0.1, 0.15) is 25.0 Å². The Morgan fingerprint density at radius 2 is 1.86 bits per heavy atom. The van der Waals surface area contributed by atoms with Crippen LogP contribution < -0.4 is 4.90 Å². The van der Waals surface area contributed by atoms with Crippen LogP contribution in [-0.4, -0.2) is 25.4 Å². The molecule has 0 saturated heterocycles. The molecule has 0 unspecified atom stereocenters. The number of allylic oxidation sites excluding steroid dienone is 1. The minimum absolute atomic E-state index is 0.0172. The fourth-order valence-corrected chi connectivity index (χ4v) is 3.95. The number of fused-ring (bicyclic) bond motifs is 1. The maximum atomic E-state index is 12.4. The van der Waals surface area contributed by atoms with Crippen molar-refractivity contribution in [1.29, 1.82) is 0 Å². The molecule has 0 atom stereocenters. The smallest absolute Gasteiger partial charge is 0.310 e. The van der Waals surface area contributed by atoms with Crippen LogP contribution in [0.25, 0.3) is 0 Å². The first-order valence-electron chi connectivity index (χ1n) is 8.88. The molecule has 28 heavy (non-hydrogen) atoms. The van der Waals surface area contributed by atoms with Gasteiger partial charge in [-0.05, 0) is 29.3 Å². The van der Waals surface area contributed by atoms with E-state index >= 15 is 0 Å². The van der Waals surface area contributed by atoms with Crippen LogP contribution in [0.5, 0.6) is 0 Å². The van der Waals surface area contributed by atoms with Crippen LogP contribution in [0.15, 0.2) is 54.2 Å². The van der Waals surface area contributed by atoms with Crippen molar-refractivity contribution in [3.8, 4) is 0 Å². The minimum atomic E-state index is -0.515. The van der Waals surface area contributed by atoms with Crippen LogP contribution in [-0.2, 0) is 26.2 Å². The highest BCUT2D eigenvalue weighted by atomic mass is 35.5. The molecule has 0 radical (unpaired) electrons. The van der Waals surface area contributed by atoms with E-state index in [1.807, 2.05) is 30.1 Å². The Morgan fingerprint density at radius 3 is 2.54 bits per heavy atom. The Hall–Kier alpha value is -2.30. The van der Waals surface area contributed by atoms with Crippen molar-refractivity contribution in [2.75, 3.05) is 18.6 Å². The summed E-state index contributed by atoms with van der Waals surface area (Å²) in [6, 6.07) is 12.9. The summed E-state index contributed by atoms with van der Waals surface area (Å²) in [5.74, 6) is -0.781. The van der Waals surface area contributed by atoms with Gasteiger partial charge in [0.05, 0.1) is 6.42 Å². The SMILES string of the molecule is CN1C(=CC(=O)COC(=O)Cc2ccc(Cl)cc2Cl)C(C)(C)c2ccccc21. The van der Waals surface area contributed by atoms with Crippen LogP contribution in [0.4, 0.5) is 5.69 Å². The lowest BCUT2D eigenvalue weighted by Crippen LogP contribution is -2.25. The predicted molar refractivity (Wildman–Crippen MR) is 112 cm³/mol. The summed E-state index contributed by atoms with van der Waals surface area (Å²) in [7, 11) is 1.93. The fourth-order valence-electron chi connectivity index (χ4n) is 3.48. The summed E-state index contributed by atoms with van der Waals surface area (Å²) in [6.07, 6.45) is 1.54. The Bertz CT molecular complexity index is 966. The molecule has 0 bridgehead atoms. The van der Waals surface area contributed by atoms with E-state index in [0.29, 0.717) is 15.6 Å². The van der Waals surface area contributed by atoms with Gasteiger partial charge in [-0.3, -0.25) is 9.59 Å². The lowest BCUT2D eigenvalue weighted by molar-refractivity contribution is -0.146. The van der Waals surface area contributed by atoms with Crippen molar-refractivity contribution in [1.82, 2.24) is 0 Å². The number of ketones is 1. The molecule has 6 heteroatoms. The summed E-state index contributed by atoms with van der Waals surface area (Å²) < 4.78 is 5.14. The van der Waals surface area contributed by atoms with E-state index in [1.165, 1.54) is 0 Å². The monoisotopic (exact) mass is 417 g/mol. The number of carbonyl (C=O) groups excluding carboxylic acids is 2. The van der Waals surface area contributed by atoms with E-state index < -0.39 is 5.97 Å². The molecular formula is C22H21Cl2NO3. The van der Waals surface area contributed by atoms with Gasteiger partial charge < -0.3 is 9.64 Å². The Morgan fingerprint density at radius 1 is 1.14 bits per heavy atom. The average molecular weight is 418 g/mol. The number of ether oxygens (including phenoxy) is 1. The van der Waals surface area contributed by atoms with Gasteiger partial charge >= 0.3 is 5.97 Å². The van der Waals surface area contributed by atoms with Crippen LogP contribution in [0.3, 0.4) is 0 Å². The number of nitrogens with zero attached hydrogens (tertiary/aromatic N) is 1. The summed E-state index contributed by atoms with van der Waals surface area (Å²) in [5.41, 5.74) is 3.40. The molecule has 4 nitrogen and oxygen atoms in total. The minimum Gasteiger partial charge on any atom is -0.457 e. The molecule has 1 aliphatic rings. The lowest BCUT2D eigenvalue weighted by atomic mass is 9.83. The average Bonchev–Trinajstić information content (AvgIpc) is 2.84. The number of benzene rings is 2. The molecular weight excluding hydrogens is 397 g/mol. The molecule has 3 rings (SSSR count). The van der Waals surface area contributed by atoms with Gasteiger partial charge in [-0.1, -0.05) is 61.3 Å².